The van der Waals surface area contributed by atoms with E-state index in [0.717, 1.165) is 0 Å². The van der Waals surface area contributed by atoms with E-state index in [2.05, 4.69) is 25.6 Å². The normalized spacial score (nSPS) is 10.3. The van der Waals surface area contributed by atoms with Crippen molar-refractivity contribution in [3.63, 3.8) is 0 Å². The van der Waals surface area contributed by atoms with Gasteiger partial charge in [-0.2, -0.15) is 0 Å². The van der Waals surface area contributed by atoms with Crippen molar-refractivity contribution < 1.29 is 23.1 Å². The van der Waals surface area contributed by atoms with Crippen LogP contribution in [-0.2, 0) is 0 Å². The molecule has 0 spiro atoms. The third-order valence-electron chi connectivity index (χ3n) is 2.44. The van der Waals surface area contributed by atoms with E-state index < -0.39 is 11.8 Å². The van der Waals surface area contributed by atoms with Crippen LogP contribution in [-0.4, -0.2) is 22.1 Å². The monoisotopic (exact) mass is 288 g/mol. The molecule has 9 nitrogen and oxygen atoms in total. The summed E-state index contributed by atoms with van der Waals surface area (Å²) in [5.74, 6) is -1.02. The second kappa shape index (κ2) is 5.33. The highest BCUT2D eigenvalue weighted by molar-refractivity contribution is 6.06. The highest BCUT2D eigenvalue weighted by Crippen LogP contribution is 2.18. The SMILES string of the molecule is O=C(Nc1nonc1NC(=O)c1ccco1)c1ccco1. The number of nitrogens with one attached hydrogen (secondary N) is 2. The summed E-state index contributed by atoms with van der Waals surface area (Å²) in [5, 5.41) is 11.8. The van der Waals surface area contributed by atoms with E-state index >= 15 is 0 Å². The van der Waals surface area contributed by atoms with Gasteiger partial charge < -0.3 is 8.83 Å². The van der Waals surface area contributed by atoms with Crippen molar-refractivity contribution in [3.05, 3.63) is 48.3 Å². The zero-order valence-corrected chi connectivity index (χ0v) is 10.4. The van der Waals surface area contributed by atoms with E-state index in [1.165, 1.54) is 24.7 Å². The van der Waals surface area contributed by atoms with Crippen molar-refractivity contribution in [2.24, 2.45) is 0 Å². The maximum atomic E-state index is 11.8. The molecule has 0 aromatic carbocycles. The summed E-state index contributed by atoms with van der Waals surface area (Å²) in [6.45, 7) is 0. The van der Waals surface area contributed by atoms with E-state index in [-0.39, 0.29) is 23.2 Å². The van der Waals surface area contributed by atoms with Gasteiger partial charge in [0.2, 0.25) is 11.6 Å². The molecule has 0 saturated heterocycles. The molecule has 106 valence electrons. The first-order valence-corrected chi connectivity index (χ1v) is 5.76. The molecule has 3 heterocycles. The number of hydrogen-bond acceptors (Lipinski definition) is 7. The predicted molar refractivity (Wildman–Crippen MR) is 67.6 cm³/mol. The molecule has 9 heteroatoms. The Labute approximate surface area is 116 Å². The molecule has 0 aliphatic rings. The van der Waals surface area contributed by atoms with Crippen LogP contribution < -0.4 is 10.6 Å². The maximum absolute atomic E-state index is 11.8. The van der Waals surface area contributed by atoms with E-state index in [4.69, 9.17) is 8.83 Å². The number of carbonyl (C=O) groups is 2. The minimum Gasteiger partial charge on any atom is -0.459 e. The summed E-state index contributed by atoms with van der Waals surface area (Å²) in [7, 11) is 0. The number of nitrogens with zero attached hydrogens (tertiary/aromatic N) is 2. The number of amides is 2. The van der Waals surface area contributed by atoms with Gasteiger partial charge >= 0.3 is 0 Å². The second-order valence-corrected chi connectivity index (χ2v) is 3.82. The topological polar surface area (TPSA) is 123 Å². The Bertz CT molecular complexity index is 682. The minimum absolute atomic E-state index is 0.0451. The predicted octanol–water partition coefficient (Wildman–Crippen LogP) is 1.76. The molecular weight excluding hydrogens is 280 g/mol. The van der Waals surface area contributed by atoms with Crippen LogP contribution in [0.5, 0.6) is 0 Å². The van der Waals surface area contributed by atoms with E-state index in [1.54, 1.807) is 12.1 Å². The van der Waals surface area contributed by atoms with E-state index in [9.17, 15) is 9.59 Å². The van der Waals surface area contributed by atoms with Gasteiger partial charge in [-0.3, -0.25) is 20.2 Å². The first-order chi connectivity index (χ1) is 10.2. The summed E-state index contributed by atoms with van der Waals surface area (Å²) in [6.07, 6.45) is 2.71. The minimum atomic E-state index is -0.552. The van der Waals surface area contributed by atoms with Crippen LogP contribution in [0.25, 0.3) is 0 Å². The number of hydrogen-bond donors (Lipinski definition) is 2. The van der Waals surface area contributed by atoms with Crippen LogP contribution in [0.1, 0.15) is 21.1 Å². The van der Waals surface area contributed by atoms with Gasteiger partial charge in [0, 0.05) is 0 Å². The van der Waals surface area contributed by atoms with Crippen molar-refractivity contribution in [2.45, 2.75) is 0 Å². The highest BCUT2D eigenvalue weighted by Gasteiger charge is 2.19. The van der Waals surface area contributed by atoms with Crippen LogP contribution in [0.2, 0.25) is 0 Å². The molecule has 3 rings (SSSR count). The van der Waals surface area contributed by atoms with Crippen molar-refractivity contribution in [2.75, 3.05) is 10.6 Å². The van der Waals surface area contributed by atoms with Gasteiger partial charge in [-0.1, -0.05) is 0 Å². The second-order valence-electron chi connectivity index (χ2n) is 3.82. The fraction of sp³-hybridized carbons (Fsp3) is 0. The molecular formula is C12H8N4O5. The number of aromatic nitrogens is 2. The molecule has 0 atom stereocenters. The molecule has 0 aliphatic heterocycles. The van der Waals surface area contributed by atoms with E-state index in [1.807, 2.05) is 0 Å². The lowest BCUT2D eigenvalue weighted by molar-refractivity contribution is 0.0986. The number of anilines is 2. The van der Waals surface area contributed by atoms with Gasteiger partial charge in [0.15, 0.2) is 11.5 Å². The lowest BCUT2D eigenvalue weighted by Gasteiger charge is -2.01. The third kappa shape index (κ3) is 2.66. The molecule has 0 unspecified atom stereocenters. The number of furan rings is 2. The summed E-state index contributed by atoms with van der Waals surface area (Å²) >= 11 is 0. The first-order valence-electron chi connectivity index (χ1n) is 5.76. The largest absolute Gasteiger partial charge is 0.459 e. The molecule has 3 aromatic heterocycles. The summed E-state index contributed by atoms with van der Waals surface area (Å²) < 4.78 is 14.4. The average molecular weight is 288 g/mol. The quantitative estimate of drug-likeness (QED) is 0.749. The van der Waals surface area contributed by atoms with Crippen molar-refractivity contribution >= 4 is 23.5 Å². The Morgan fingerprint density at radius 1 is 0.857 bits per heavy atom. The van der Waals surface area contributed by atoms with Gasteiger partial charge in [0.05, 0.1) is 12.5 Å². The Hall–Kier alpha value is -3.36. The van der Waals surface area contributed by atoms with Crippen LogP contribution in [0, 0.1) is 0 Å². The van der Waals surface area contributed by atoms with Crippen molar-refractivity contribution in [1.82, 2.24) is 10.3 Å². The van der Waals surface area contributed by atoms with Crippen molar-refractivity contribution in [3.8, 4) is 0 Å². The molecule has 3 aromatic rings. The van der Waals surface area contributed by atoms with Crippen LogP contribution >= 0.6 is 0 Å². The van der Waals surface area contributed by atoms with Crippen molar-refractivity contribution in [1.29, 1.82) is 0 Å². The Morgan fingerprint density at radius 3 is 1.71 bits per heavy atom. The fourth-order valence-electron chi connectivity index (χ4n) is 1.51. The Morgan fingerprint density at radius 2 is 1.33 bits per heavy atom. The lowest BCUT2D eigenvalue weighted by Crippen LogP contribution is -2.16. The molecule has 21 heavy (non-hydrogen) atoms. The van der Waals surface area contributed by atoms with Gasteiger partial charge in [-0.15, -0.1) is 0 Å². The zero-order chi connectivity index (χ0) is 14.7. The Kier molecular flexibility index (Phi) is 3.21. The number of carbonyl (C=O) groups excluding carboxylic acids is 2. The van der Waals surface area contributed by atoms with Gasteiger partial charge in [-0.05, 0) is 34.6 Å². The summed E-state index contributed by atoms with van der Waals surface area (Å²) in [4.78, 5) is 23.6. The van der Waals surface area contributed by atoms with Gasteiger partial charge in [-0.25, -0.2) is 4.63 Å². The summed E-state index contributed by atoms with van der Waals surface area (Å²) in [6, 6.07) is 6.08. The smallest absolute Gasteiger partial charge is 0.292 e. The Balaban J connectivity index is 1.72. The fourth-order valence-corrected chi connectivity index (χ4v) is 1.51. The standard InChI is InChI=1S/C12H8N4O5/c17-11(7-3-1-5-19-7)13-9-10(16-21-15-9)14-12(18)8-4-2-6-20-8/h1-6H,(H,13,15,17)(H,14,16,18). The van der Waals surface area contributed by atoms with Gasteiger partial charge in [0.25, 0.3) is 11.8 Å². The molecule has 2 N–H and O–H groups in total. The summed E-state index contributed by atoms with van der Waals surface area (Å²) in [5.41, 5.74) is 0. The average Bonchev–Trinajstić information content (AvgIpc) is 3.22. The third-order valence-corrected chi connectivity index (χ3v) is 2.44. The van der Waals surface area contributed by atoms with Crippen LogP contribution in [0.15, 0.2) is 50.3 Å². The molecule has 2 amide bonds. The van der Waals surface area contributed by atoms with Crippen LogP contribution in [0.4, 0.5) is 11.6 Å². The molecule has 0 aliphatic carbocycles. The lowest BCUT2D eigenvalue weighted by atomic mass is 10.4. The maximum Gasteiger partial charge on any atom is 0.292 e. The van der Waals surface area contributed by atoms with E-state index in [0.29, 0.717) is 0 Å². The van der Waals surface area contributed by atoms with Gasteiger partial charge in [0.1, 0.15) is 0 Å². The number of rotatable bonds is 4. The molecule has 0 saturated carbocycles. The molecule has 0 bridgehead atoms. The molecule has 0 radical (unpaired) electrons. The molecule has 0 fully saturated rings. The van der Waals surface area contributed by atoms with Crippen LogP contribution in [0.3, 0.4) is 0 Å². The zero-order valence-electron chi connectivity index (χ0n) is 10.4. The first kappa shape index (κ1) is 12.7. The highest BCUT2D eigenvalue weighted by atomic mass is 16.6.